The van der Waals surface area contributed by atoms with E-state index >= 15 is 8.78 Å². The van der Waals surface area contributed by atoms with Crippen molar-refractivity contribution in [2.45, 2.75) is 90.3 Å². The number of hydrogen-bond donors (Lipinski definition) is 4. The molecule has 7 heterocycles. The summed E-state index contributed by atoms with van der Waals surface area (Å²) in [6.07, 6.45) is -0.122. The highest BCUT2D eigenvalue weighted by Crippen LogP contribution is 2.35. The average Bonchev–Trinajstić information content (AvgIpc) is 2.16. The maximum Gasteiger partial charge on any atom is 0.306 e. The second kappa shape index (κ2) is 25.5. The van der Waals surface area contributed by atoms with Crippen molar-refractivity contribution < 1.29 is 60.5 Å². The van der Waals surface area contributed by atoms with Gasteiger partial charge in [0.05, 0.1) is 65.4 Å². The maximum absolute atomic E-state index is 16.1. The Morgan fingerprint density at radius 3 is 2.28 bits per heavy atom. The Hall–Kier alpha value is -7.62. The van der Waals surface area contributed by atoms with E-state index in [2.05, 4.69) is 35.4 Å². The van der Waals surface area contributed by atoms with Gasteiger partial charge in [-0.15, -0.1) is 11.3 Å². The van der Waals surface area contributed by atoms with Crippen LogP contribution in [-0.2, 0) is 46.5 Å². The summed E-state index contributed by atoms with van der Waals surface area (Å²) >= 11 is -1.57. The molecule has 4 fully saturated rings. The molecule has 0 aliphatic carbocycles. The third kappa shape index (κ3) is 13.6. The number of ether oxygens (including phenoxy) is 1. The predicted molar refractivity (Wildman–Crippen MR) is 310 cm³/mol. The van der Waals surface area contributed by atoms with Crippen LogP contribution in [0.3, 0.4) is 0 Å². The fourth-order valence-corrected chi connectivity index (χ4v) is 12.8. The summed E-state index contributed by atoms with van der Waals surface area (Å²) in [6.45, 7) is 11.4. The minimum absolute atomic E-state index is 0.0157. The van der Waals surface area contributed by atoms with E-state index in [1.54, 1.807) is 17.8 Å². The minimum Gasteiger partial charge on any atom is -0.754 e. The number of rotatable bonds is 20. The second-order valence-corrected chi connectivity index (χ2v) is 24.5. The summed E-state index contributed by atoms with van der Waals surface area (Å²) in [7, 11) is 0. The van der Waals surface area contributed by atoms with Crippen molar-refractivity contribution in [2.75, 3.05) is 74.8 Å². The number of hydrogen-bond acceptors (Lipinski definition) is 16. The number of aliphatic carboxylic acids is 1. The first-order valence-electron chi connectivity index (χ1n) is 28.0. The normalized spacial score (nSPS) is 19.6. The molecule has 4 aliphatic rings. The van der Waals surface area contributed by atoms with Crippen LogP contribution in [0.1, 0.15) is 73.6 Å². The lowest BCUT2D eigenvalue weighted by Gasteiger charge is -2.48. The molecule has 0 radical (unpaired) electrons. The number of anilines is 2. The SMILES string of the molecule is Cc1ncsc1-c1ccc(CNC(=O)[C@@H]2C[C@@H](OC(=O)CCC(=O)O)CN2C(=O)[C@@H](NC(=O)CN2CC(N3CCN(c4ccc(-c5cnc6[nH]cc(C(=O)c7c(F)ccc(N(N8CC[C@@H](F)C8)S(=O)[O-])c7F)c6c5)cc4)CC3)C2)C(C)(C)C)cc1. The molecule has 4 saturated heterocycles. The number of carbonyl (C=O) groups is 6. The van der Waals surface area contributed by atoms with Gasteiger partial charge < -0.3 is 39.8 Å². The molecule has 10 rings (SSSR count). The Balaban J connectivity index is 0.721. The molecule has 5 atom stereocenters. The number of hydrazine groups is 1. The van der Waals surface area contributed by atoms with Gasteiger partial charge in [0.25, 0.3) is 0 Å². The molecule has 4 N–H and O–H groups in total. The Morgan fingerprint density at radius 2 is 1.64 bits per heavy atom. The van der Waals surface area contributed by atoms with E-state index in [0.29, 0.717) is 23.1 Å². The van der Waals surface area contributed by atoms with Gasteiger partial charge in [0.15, 0.2) is 5.82 Å². The fourth-order valence-electron chi connectivity index (χ4n) is 11.4. The van der Waals surface area contributed by atoms with Gasteiger partial charge in [-0.2, -0.15) is 0 Å². The van der Waals surface area contributed by atoms with E-state index in [0.717, 1.165) is 76.3 Å². The number of aromatic amines is 1. The number of piperazine rings is 1. The molecule has 26 heteroatoms. The number of fused-ring (bicyclic) bond motifs is 1. The lowest BCUT2D eigenvalue weighted by atomic mass is 9.85. The van der Waals surface area contributed by atoms with Gasteiger partial charge in [-0.3, -0.25) is 42.8 Å². The van der Waals surface area contributed by atoms with Crippen LogP contribution in [0, 0.1) is 24.0 Å². The van der Waals surface area contributed by atoms with Gasteiger partial charge in [0, 0.05) is 99.4 Å². The number of carboxylic acid groups (broad SMARTS) is 1. The van der Waals surface area contributed by atoms with Crippen LogP contribution >= 0.6 is 11.3 Å². The molecule has 0 spiro atoms. The number of esters is 1. The van der Waals surface area contributed by atoms with E-state index in [-0.39, 0.29) is 80.5 Å². The summed E-state index contributed by atoms with van der Waals surface area (Å²) in [5.74, 6) is -6.90. The number of thiazole rings is 1. The number of nitrogens with zero attached hydrogens (tertiary/aromatic N) is 8. The van der Waals surface area contributed by atoms with Crippen molar-refractivity contribution in [3.05, 3.63) is 119 Å². The number of carbonyl (C=O) groups excluding carboxylic acids is 5. The lowest BCUT2D eigenvalue weighted by molar-refractivity contribution is -0.152. The van der Waals surface area contributed by atoms with Crippen LogP contribution in [0.15, 0.2) is 84.6 Å². The van der Waals surface area contributed by atoms with Crippen LogP contribution in [0.4, 0.5) is 24.5 Å². The van der Waals surface area contributed by atoms with E-state index in [1.807, 2.05) is 81.1 Å². The number of likely N-dealkylation sites (tertiary alicyclic amines) is 2. The number of nitrogens with one attached hydrogen (secondary N) is 3. The quantitative estimate of drug-likeness (QED) is 0.0403. The molecule has 4 aliphatic heterocycles. The van der Waals surface area contributed by atoms with Crippen molar-refractivity contribution in [2.24, 2.45) is 5.41 Å². The third-order valence-corrected chi connectivity index (χ3v) is 17.7. The first kappa shape index (κ1) is 60.5. The highest BCUT2D eigenvalue weighted by Gasteiger charge is 2.47. The average molecular weight is 1210 g/mol. The van der Waals surface area contributed by atoms with E-state index < -0.39 is 99.9 Å². The number of alkyl halides is 1. The van der Waals surface area contributed by atoms with E-state index in [4.69, 9.17) is 9.84 Å². The zero-order valence-electron chi connectivity index (χ0n) is 47.2. The third-order valence-electron chi connectivity index (χ3n) is 16.0. The molecule has 3 aromatic carbocycles. The summed E-state index contributed by atoms with van der Waals surface area (Å²) in [6, 6.07) is 17.0. The number of H-pyrrole nitrogens is 1. The van der Waals surface area contributed by atoms with Gasteiger partial charge in [-0.1, -0.05) is 57.2 Å². The van der Waals surface area contributed by atoms with Gasteiger partial charge in [-0.25, -0.2) is 32.6 Å². The maximum atomic E-state index is 16.1. The molecule has 1 unspecified atom stereocenters. The standard InChI is InChI=1S/C59H66F3N11O10S2/c1-34-54(84-33-66-34)37-7-5-35(6-8-37)25-65-57(79)47-24-42(83-50(77)16-15-49(75)76)31-72(47)58(80)55(59(2,3)4)67-48(74)32-68-29-41(30-68)70-21-19-69(20-22-70)40-11-9-36(10-12-40)38-23-43-44(27-64-56(43)63-26-38)53(78)51-45(61)13-14-46(52(51)62)73(85(81)82)71-18-17-39(60)28-71/h5-14,23,26-27,33,39,41-42,47,55H,15-22,24-25,28-32H2,1-4H3,(H,63,64)(H,65,79)(H,67,74)(H,75,76)(H,81,82)/p-1/t39-,42-,47+,55-/m1/s1. The molecule has 21 nitrogen and oxygen atoms in total. The van der Waals surface area contributed by atoms with E-state index in [9.17, 15) is 41.9 Å². The summed E-state index contributed by atoms with van der Waals surface area (Å²) in [5, 5.41) is 16.4. The lowest BCUT2D eigenvalue weighted by Crippen LogP contribution is -2.65. The highest BCUT2D eigenvalue weighted by atomic mass is 32.2. The topological polar surface area (TPSA) is 257 Å². The first-order valence-corrected chi connectivity index (χ1v) is 29.9. The predicted octanol–water partition coefficient (Wildman–Crippen LogP) is 5.76. The number of aromatic nitrogens is 3. The monoisotopic (exact) mass is 1210 g/mol. The van der Waals surface area contributed by atoms with Gasteiger partial charge in [-0.05, 0) is 65.8 Å². The number of aryl methyl sites for hydroxylation is 1. The smallest absolute Gasteiger partial charge is 0.306 e. The Kier molecular flexibility index (Phi) is 18.2. The van der Waals surface area contributed by atoms with E-state index in [1.165, 1.54) is 22.4 Å². The number of benzene rings is 3. The van der Waals surface area contributed by atoms with Crippen molar-refractivity contribution in [3.8, 4) is 21.6 Å². The molecule has 0 saturated carbocycles. The van der Waals surface area contributed by atoms with Crippen LogP contribution < -0.4 is 19.9 Å². The molecule has 450 valence electrons. The van der Waals surface area contributed by atoms with Crippen molar-refractivity contribution in [1.29, 1.82) is 0 Å². The minimum atomic E-state index is -3.10. The second-order valence-electron chi connectivity index (χ2n) is 22.9. The summed E-state index contributed by atoms with van der Waals surface area (Å²) < 4.78 is 76.1. The number of amides is 3. The summed E-state index contributed by atoms with van der Waals surface area (Å²) in [5.41, 5.74) is 4.71. The van der Waals surface area contributed by atoms with Crippen LogP contribution in [-0.4, -0.2) is 180 Å². The van der Waals surface area contributed by atoms with Crippen molar-refractivity contribution >= 4 is 80.5 Å². The molecular formula is C59H65F3N11O10S2-. The zero-order chi connectivity index (χ0) is 60.4. The number of carboxylic acids is 1. The van der Waals surface area contributed by atoms with Crippen molar-refractivity contribution in [1.82, 2.24) is 45.3 Å². The van der Waals surface area contributed by atoms with Crippen LogP contribution in [0.2, 0.25) is 0 Å². The largest absolute Gasteiger partial charge is 0.754 e. The number of halogens is 3. The van der Waals surface area contributed by atoms with Crippen LogP contribution in [0.5, 0.6) is 0 Å². The zero-order valence-corrected chi connectivity index (χ0v) is 48.9. The fraction of sp³-hybridized carbons (Fsp3) is 0.424. The number of ketones is 1. The molecule has 3 amide bonds. The summed E-state index contributed by atoms with van der Waals surface area (Å²) in [4.78, 5) is 101. The Morgan fingerprint density at radius 1 is 0.918 bits per heavy atom. The molecule has 3 aromatic heterocycles. The Labute approximate surface area is 494 Å². The number of pyridine rings is 1. The van der Waals surface area contributed by atoms with Crippen LogP contribution in [0.25, 0.3) is 32.6 Å². The molecule has 0 bridgehead atoms. The van der Waals surface area contributed by atoms with Gasteiger partial charge in [0.2, 0.25) is 23.5 Å². The Bertz CT molecular complexity index is 3510. The van der Waals surface area contributed by atoms with Gasteiger partial charge >= 0.3 is 11.9 Å². The highest BCUT2D eigenvalue weighted by molar-refractivity contribution is 7.80. The van der Waals surface area contributed by atoms with Crippen molar-refractivity contribution in [3.63, 3.8) is 0 Å². The first-order chi connectivity index (χ1) is 40.6. The molecule has 6 aromatic rings. The van der Waals surface area contributed by atoms with Gasteiger partial charge in [0.1, 0.15) is 41.5 Å². The molecular weight excluding hydrogens is 1140 g/mol. The molecule has 85 heavy (non-hydrogen) atoms.